The van der Waals surface area contributed by atoms with Crippen LogP contribution in [-0.4, -0.2) is 27.8 Å². The van der Waals surface area contributed by atoms with Crippen LogP contribution in [0.2, 0.25) is 0 Å². The number of thiazole rings is 1. The standard InChI is InChI=1S/C17H24N2OS/c1-16(2,3)18-12-17(4,20)10-15-19-14(11-21-15)13-8-6-5-7-9-13/h5-9,11,18,20H,10,12H2,1-4H3. The zero-order valence-electron chi connectivity index (χ0n) is 13.2. The second-order valence-corrected chi connectivity index (χ2v) is 7.71. The topological polar surface area (TPSA) is 45.1 Å². The van der Waals surface area contributed by atoms with E-state index in [0.29, 0.717) is 13.0 Å². The summed E-state index contributed by atoms with van der Waals surface area (Å²) in [7, 11) is 0. The van der Waals surface area contributed by atoms with E-state index in [1.165, 1.54) is 0 Å². The molecule has 0 saturated carbocycles. The summed E-state index contributed by atoms with van der Waals surface area (Å²) in [6.45, 7) is 8.70. The third-order valence-electron chi connectivity index (χ3n) is 3.15. The number of benzene rings is 1. The van der Waals surface area contributed by atoms with Gasteiger partial charge in [-0.1, -0.05) is 30.3 Å². The molecule has 4 heteroatoms. The Morgan fingerprint density at radius 3 is 2.43 bits per heavy atom. The van der Waals surface area contributed by atoms with Gasteiger partial charge in [0.1, 0.15) is 0 Å². The van der Waals surface area contributed by atoms with E-state index >= 15 is 0 Å². The van der Waals surface area contributed by atoms with Crippen LogP contribution < -0.4 is 5.32 Å². The van der Waals surface area contributed by atoms with Crippen LogP contribution in [0.15, 0.2) is 35.7 Å². The highest BCUT2D eigenvalue weighted by Crippen LogP contribution is 2.24. The fourth-order valence-electron chi connectivity index (χ4n) is 1.98. The van der Waals surface area contributed by atoms with E-state index in [1.54, 1.807) is 11.3 Å². The van der Waals surface area contributed by atoms with Crippen LogP contribution in [0.4, 0.5) is 0 Å². The average Bonchev–Trinajstić information content (AvgIpc) is 2.85. The maximum absolute atomic E-state index is 10.5. The van der Waals surface area contributed by atoms with E-state index in [4.69, 9.17) is 0 Å². The SMILES string of the molecule is CC(O)(CNC(C)(C)C)Cc1nc(-c2ccccc2)cs1. The van der Waals surface area contributed by atoms with Gasteiger partial charge in [0.05, 0.1) is 16.3 Å². The molecule has 1 unspecified atom stereocenters. The van der Waals surface area contributed by atoms with Crippen molar-refractivity contribution in [2.24, 2.45) is 0 Å². The van der Waals surface area contributed by atoms with Crippen molar-refractivity contribution in [1.29, 1.82) is 0 Å². The molecule has 2 aromatic rings. The van der Waals surface area contributed by atoms with Gasteiger partial charge in [-0.15, -0.1) is 11.3 Å². The van der Waals surface area contributed by atoms with Gasteiger partial charge in [0.15, 0.2) is 0 Å². The Bertz CT molecular complexity index is 570. The molecule has 114 valence electrons. The van der Waals surface area contributed by atoms with Crippen molar-refractivity contribution < 1.29 is 5.11 Å². The highest BCUT2D eigenvalue weighted by molar-refractivity contribution is 7.09. The van der Waals surface area contributed by atoms with E-state index < -0.39 is 5.60 Å². The van der Waals surface area contributed by atoms with E-state index in [2.05, 4.69) is 48.6 Å². The minimum atomic E-state index is -0.793. The number of aliphatic hydroxyl groups is 1. The zero-order valence-corrected chi connectivity index (χ0v) is 14.0. The first-order valence-corrected chi connectivity index (χ1v) is 8.10. The summed E-state index contributed by atoms with van der Waals surface area (Å²) in [5, 5.41) is 16.9. The summed E-state index contributed by atoms with van der Waals surface area (Å²) in [6, 6.07) is 10.1. The lowest BCUT2D eigenvalue weighted by molar-refractivity contribution is 0.0534. The van der Waals surface area contributed by atoms with Gasteiger partial charge in [-0.2, -0.15) is 0 Å². The minimum Gasteiger partial charge on any atom is -0.388 e. The Kier molecular flexibility index (Phi) is 4.81. The highest BCUT2D eigenvalue weighted by Gasteiger charge is 2.25. The highest BCUT2D eigenvalue weighted by atomic mass is 32.1. The number of hydrogen-bond acceptors (Lipinski definition) is 4. The van der Waals surface area contributed by atoms with Crippen LogP contribution in [0.25, 0.3) is 11.3 Å². The third-order valence-corrected chi connectivity index (χ3v) is 4.00. The molecule has 2 N–H and O–H groups in total. The fourth-order valence-corrected chi connectivity index (χ4v) is 2.96. The van der Waals surface area contributed by atoms with Crippen LogP contribution in [0, 0.1) is 0 Å². The van der Waals surface area contributed by atoms with Crippen LogP contribution in [-0.2, 0) is 6.42 Å². The summed E-state index contributed by atoms with van der Waals surface area (Å²) in [5.74, 6) is 0. The van der Waals surface area contributed by atoms with Crippen molar-refractivity contribution in [2.75, 3.05) is 6.54 Å². The van der Waals surface area contributed by atoms with Gasteiger partial charge >= 0.3 is 0 Å². The number of nitrogens with one attached hydrogen (secondary N) is 1. The molecule has 0 fully saturated rings. The molecule has 1 atom stereocenters. The lowest BCUT2D eigenvalue weighted by atomic mass is 10.0. The van der Waals surface area contributed by atoms with E-state index in [1.807, 2.05) is 25.1 Å². The average molecular weight is 304 g/mol. The van der Waals surface area contributed by atoms with Crippen molar-refractivity contribution in [2.45, 2.75) is 45.3 Å². The smallest absolute Gasteiger partial charge is 0.0961 e. The molecule has 1 aromatic carbocycles. The second kappa shape index (κ2) is 6.26. The van der Waals surface area contributed by atoms with Crippen LogP contribution in [0.1, 0.15) is 32.7 Å². The Morgan fingerprint density at radius 1 is 1.14 bits per heavy atom. The molecule has 1 heterocycles. The van der Waals surface area contributed by atoms with Gasteiger partial charge in [0.25, 0.3) is 0 Å². The normalized spacial score (nSPS) is 14.9. The van der Waals surface area contributed by atoms with Crippen molar-refractivity contribution in [3.05, 3.63) is 40.7 Å². The molecule has 0 aliphatic carbocycles. The monoisotopic (exact) mass is 304 g/mol. The summed E-state index contributed by atoms with van der Waals surface area (Å²) in [4.78, 5) is 4.64. The Morgan fingerprint density at radius 2 is 1.81 bits per heavy atom. The Balaban J connectivity index is 2.02. The molecule has 0 saturated heterocycles. The van der Waals surface area contributed by atoms with E-state index in [-0.39, 0.29) is 5.54 Å². The number of β-amino-alcohol motifs (C(OH)–C–C–N with tert-alkyl or cyclic N) is 1. The van der Waals surface area contributed by atoms with Crippen molar-refractivity contribution >= 4 is 11.3 Å². The Labute approximate surface area is 131 Å². The van der Waals surface area contributed by atoms with Crippen LogP contribution in [0.3, 0.4) is 0 Å². The minimum absolute atomic E-state index is 0.00205. The van der Waals surface area contributed by atoms with Gasteiger partial charge in [-0.3, -0.25) is 0 Å². The van der Waals surface area contributed by atoms with Gasteiger partial charge in [-0.05, 0) is 27.7 Å². The maximum atomic E-state index is 10.5. The van der Waals surface area contributed by atoms with E-state index in [9.17, 15) is 5.11 Å². The number of rotatable bonds is 5. The zero-order chi connectivity index (χ0) is 15.5. The summed E-state index contributed by atoms with van der Waals surface area (Å²) < 4.78 is 0. The molecule has 0 radical (unpaired) electrons. The molecule has 1 aromatic heterocycles. The fraction of sp³-hybridized carbons (Fsp3) is 0.471. The summed E-state index contributed by atoms with van der Waals surface area (Å²) in [5.41, 5.74) is 1.31. The Hall–Kier alpha value is -1.23. The molecule has 21 heavy (non-hydrogen) atoms. The molecule has 3 nitrogen and oxygen atoms in total. The molecule has 0 amide bonds. The first-order valence-electron chi connectivity index (χ1n) is 7.22. The second-order valence-electron chi connectivity index (χ2n) is 6.77. The third kappa shape index (κ3) is 5.23. The maximum Gasteiger partial charge on any atom is 0.0961 e. The molecule has 0 spiro atoms. The lowest BCUT2D eigenvalue weighted by Crippen LogP contribution is -2.47. The van der Waals surface area contributed by atoms with Crippen LogP contribution in [0.5, 0.6) is 0 Å². The number of aromatic nitrogens is 1. The largest absolute Gasteiger partial charge is 0.388 e. The lowest BCUT2D eigenvalue weighted by Gasteiger charge is -2.28. The van der Waals surface area contributed by atoms with Gasteiger partial charge in [0, 0.05) is 29.4 Å². The molecule has 0 aliphatic heterocycles. The summed E-state index contributed by atoms with van der Waals surface area (Å²) in [6.07, 6.45) is 0.563. The molecular formula is C17H24N2OS. The quantitative estimate of drug-likeness (QED) is 0.889. The first kappa shape index (κ1) is 16.1. The van der Waals surface area contributed by atoms with Crippen molar-refractivity contribution in [3.8, 4) is 11.3 Å². The number of hydrogen-bond donors (Lipinski definition) is 2. The molecule has 2 rings (SSSR count). The predicted octanol–water partition coefficient (Wildman–Crippen LogP) is 3.49. The molecule has 0 bridgehead atoms. The van der Waals surface area contributed by atoms with Gasteiger partial charge in [0.2, 0.25) is 0 Å². The number of nitrogens with zero attached hydrogens (tertiary/aromatic N) is 1. The molecule has 0 aliphatic rings. The van der Waals surface area contributed by atoms with Gasteiger partial charge < -0.3 is 10.4 Å². The predicted molar refractivity (Wildman–Crippen MR) is 89.6 cm³/mol. The van der Waals surface area contributed by atoms with E-state index in [0.717, 1.165) is 16.3 Å². The first-order chi connectivity index (χ1) is 9.75. The summed E-state index contributed by atoms with van der Waals surface area (Å²) >= 11 is 1.61. The van der Waals surface area contributed by atoms with Crippen molar-refractivity contribution in [1.82, 2.24) is 10.3 Å². The van der Waals surface area contributed by atoms with Crippen LogP contribution >= 0.6 is 11.3 Å². The molecular weight excluding hydrogens is 280 g/mol. The van der Waals surface area contributed by atoms with Gasteiger partial charge in [-0.25, -0.2) is 4.98 Å². The van der Waals surface area contributed by atoms with Crippen molar-refractivity contribution in [3.63, 3.8) is 0 Å².